The molecule has 0 aromatic heterocycles. The van der Waals surface area contributed by atoms with E-state index in [9.17, 15) is 18.8 Å². The van der Waals surface area contributed by atoms with Gasteiger partial charge in [-0.2, -0.15) is 0 Å². The van der Waals surface area contributed by atoms with Gasteiger partial charge >= 0.3 is 12.1 Å². The van der Waals surface area contributed by atoms with E-state index in [0.29, 0.717) is 12.2 Å². The van der Waals surface area contributed by atoms with E-state index in [-0.39, 0.29) is 18.7 Å². The van der Waals surface area contributed by atoms with E-state index < -0.39 is 35.9 Å². The van der Waals surface area contributed by atoms with Crippen molar-refractivity contribution in [2.24, 2.45) is 0 Å². The third kappa shape index (κ3) is 7.66. The minimum absolute atomic E-state index is 0.0109. The van der Waals surface area contributed by atoms with Gasteiger partial charge in [0.05, 0.1) is 13.2 Å². The Hall–Kier alpha value is -3.46. The van der Waals surface area contributed by atoms with Crippen LogP contribution in [0.2, 0.25) is 0 Å². The minimum atomic E-state index is -1.19. The topological polar surface area (TPSA) is 103 Å². The molecule has 0 bridgehead atoms. The highest BCUT2D eigenvalue weighted by Gasteiger charge is 2.23. The van der Waals surface area contributed by atoms with Gasteiger partial charge in [0.1, 0.15) is 18.5 Å². The van der Waals surface area contributed by atoms with E-state index in [1.165, 1.54) is 12.1 Å². The Morgan fingerprint density at radius 1 is 1.09 bits per heavy atom. The van der Waals surface area contributed by atoms with Gasteiger partial charge in [0.2, 0.25) is 0 Å². The number of carbonyl (C=O) groups excluding carboxylic acids is 3. The van der Waals surface area contributed by atoms with Crippen LogP contribution in [0.5, 0.6) is 0 Å². The van der Waals surface area contributed by atoms with Gasteiger partial charge in [0.15, 0.2) is 0 Å². The molecule has 32 heavy (non-hydrogen) atoms. The van der Waals surface area contributed by atoms with Gasteiger partial charge in [-0.1, -0.05) is 30.3 Å². The maximum absolute atomic E-state index is 14.0. The van der Waals surface area contributed by atoms with Crippen LogP contribution in [0, 0.1) is 5.82 Å². The SMILES string of the molecule is CCO[C@H](C)c1cc(F)cc(C(=O)NC[C@@H](NC(=O)OCc2ccccc2)C(=O)OC)c1. The average molecular weight is 446 g/mol. The van der Waals surface area contributed by atoms with Crippen molar-refractivity contribution in [1.29, 1.82) is 0 Å². The van der Waals surface area contributed by atoms with Crippen LogP contribution in [0.15, 0.2) is 48.5 Å². The van der Waals surface area contributed by atoms with Crippen molar-refractivity contribution in [3.63, 3.8) is 0 Å². The van der Waals surface area contributed by atoms with Crippen molar-refractivity contribution in [3.05, 3.63) is 71.0 Å². The number of nitrogens with one attached hydrogen (secondary N) is 2. The minimum Gasteiger partial charge on any atom is -0.467 e. The van der Waals surface area contributed by atoms with Gasteiger partial charge in [0, 0.05) is 18.7 Å². The first-order valence-electron chi connectivity index (χ1n) is 10.1. The Bertz CT molecular complexity index is 922. The fraction of sp³-hybridized carbons (Fsp3) is 0.348. The van der Waals surface area contributed by atoms with Gasteiger partial charge in [-0.05, 0) is 43.2 Å². The number of methoxy groups -OCH3 is 1. The van der Waals surface area contributed by atoms with Crippen LogP contribution in [-0.2, 0) is 25.6 Å². The molecule has 9 heteroatoms. The van der Waals surface area contributed by atoms with Crippen molar-refractivity contribution in [1.82, 2.24) is 10.6 Å². The van der Waals surface area contributed by atoms with E-state index in [1.807, 2.05) is 13.0 Å². The van der Waals surface area contributed by atoms with Crippen molar-refractivity contribution < 1.29 is 33.0 Å². The van der Waals surface area contributed by atoms with Crippen LogP contribution < -0.4 is 10.6 Å². The van der Waals surface area contributed by atoms with Gasteiger partial charge in [0.25, 0.3) is 5.91 Å². The zero-order valence-corrected chi connectivity index (χ0v) is 18.2. The molecule has 0 saturated heterocycles. The fourth-order valence-electron chi connectivity index (χ4n) is 2.86. The van der Waals surface area contributed by atoms with E-state index in [0.717, 1.165) is 18.7 Å². The lowest BCUT2D eigenvalue weighted by Crippen LogP contribution is -2.49. The lowest BCUT2D eigenvalue weighted by Gasteiger charge is -2.18. The second kappa shape index (κ2) is 12.4. The van der Waals surface area contributed by atoms with Crippen molar-refractivity contribution in [2.75, 3.05) is 20.3 Å². The second-order valence-corrected chi connectivity index (χ2v) is 6.86. The molecule has 172 valence electrons. The van der Waals surface area contributed by atoms with E-state index >= 15 is 0 Å². The van der Waals surface area contributed by atoms with Crippen LogP contribution in [-0.4, -0.2) is 44.3 Å². The predicted molar refractivity (Wildman–Crippen MR) is 114 cm³/mol. The van der Waals surface area contributed by atoms with Gasteiger partial charge in [-0.3, -0.25) is 4.79 Å². The van der Waals surface area contributed by atoms with Crippen molar-refractivity contribution >= 4 is 18.0 Å². The first-order chi connectivity index (χ1) is 15.3. The summed E-state index contributed by atoms with van der Waals surface area (Å²) >= 11 is 0. The number of benzene rings is 2. The second-order valence-electron chi connectivity index (χ2n) is 6.86. The molecule has 2 amide bonds. The number of carbonyl (C=O) groups is 3. The third-order valence-corrected chi connectivity index (χ3v) is 4.53. The highest BCUT2D eigenvalue weighted by Crippen LogP contribution is 2.19. The smallest absolute Gasteiger partial charge is 0.408 e. The molecule has 0 fully saturated rings. The molecule has 0 unspecified atom stereocenters. The van der Waals surface area contributed by atoms with Gasteiger partial charge in [-0.15, -0.1) is 0 Å². The molecule has 2 aromatic carbocycles. The normalized spacial score (nSPS) is 12.4. The van der Waals surface area contributed by atoms with Crippen LogP contribution in [0.4, 0.5) is 9.18 Å². The Kier molecular flexibility index (Phi) is 9.62. The molecule has 2 rings (SSSR count). The molecule has 2 aromatic rings. The van der Waals surface area contributed by atoms with E-state index in [2.05, 4.69) is 15.4 Å². The lowest BCUT2D eigenvalue weighted by molar-refractivity contribution is -0.142. The number of hydrogen-bond acceptors (Lipinski definition) is 6. The first-order valence-corrected chi connectivity index (χ1v) is 10.1. The number of hydrogen-bond donors (Lipinski definition) is 2. The van der Waals surface area contributed by atoms with E-state index in [4.69, 9.17) is 9.47 Å². The zero-order chi connectivity index (χ0) is 23.5. The summed E-state index contributed by atoms with van der Waals surface area (Å²) in [5.74, 6) is -1.99. The summed E-state index contributed by atoms with van der Waals surface area (Å²) in [6, 6.07) is 11.7. The van der Waals surface area contributed by atoms with Crippen LogP contribution in [0.3, 0.4) is 0 Å². The number of halogens is 1. The highest BCUT2D eigenvalue weighted by molar-refractivity contribution is 5.95. The largest absolute Gasteiger partial charge is 0.467 e. The molecule has 0 aliphatic rings. The number of esters is 1. The summed E-state index contributed by atoms with van der Waals surface area (Å²) < 4.78 is 29.2. The quantitative estimate of drug-likeness (QED) is 0.544. The van der Waals surface area contributed by atoms with Crippen LogP contribution in [0.1, 0.15) is 41.4 Å². The molecule has 0 aliphatic carbocycles. The van der Waals surface area contributed by atoms with Crippen molar-refractivity contribution in [2.45, 2.75) is 32.6 Å². The number of rotatable bonds is 10. The number of ether oxygens (including phenoxy) is 3. The first kappa shape index (κ1) is 24.8. The fourth-order valence-corrected chi connectivity index (χ4v) is 2.86. The maximum atomic E-state index is 14.0. The summed E-state index contributed by atoms with van der Waals surface area (Å²) in [4.78, 5) is 36.6. The monoisotopic (exact) mass is 446 g/mol. The standard InChI is InChI=1S/C23H27FN2O6/c1-4-31-15(2)17-10-18(12-19(24)11-17)21(27)25-13-20(22(28)30-3)26-23(29)32-14-16-8-6-5-7-9-16/h5-12,15,20H,4,13-14H2,1-3H3,(H,25,27)(H,26,29)/t15-,20-/m1/s1. The van der Waals surface area contributed by atoms with Crippen molar-refractivity contribution in [3.8, 4) is 0 Å². The summed E-state index contributed by atoms with van der Waals surface area (Å²) in [6.45, 7) is 3.73. The molecule has 0 spiro atoms. The lowest BCUT2D eigenvalue weighted by atomic mass is 10.1. The maximum Gasteiger partial charge on any atom is 0.408 e. The molecular formula is C23H27FN2O6. The third-order valence-electron chi connectivity index (χ3n) is 4.53. The zero-order valence-electron chi connectivity index (χ0n) is 18.2. The Balaban J connectivity index is 1.98. The highest BCUT2D eigenvalue weighted by atomic mass is 19.1. The summed E-state index contributed by atoms with van der Waals surface area (Å²) in [5, 5.41) is 4.86. The molecule has 2 N–H and O–H groups in total. The summed E-state index contributed by atoms with van der Waals surface area (Å²) in [6.07, 6.45) is -1.25. The molecule has 0 heterocycles. The van der Waals surface area contributed by atoms with E-state index in [1.54, 1.807) is 31.2 Å². The summed E-state index contributed by atoms with van der Waals surface area (Å²) in [7, 11) is 1.15. The molecule has 0 radical (unpaired) electrons. The van der Waals surface area contributed by atoms with Gasteiger partial charge in [-0.25, -0.2) is 14.0 Å². The number of amides is 2. The molecule has 2 atom stereocenters. The molecule has 0 aliphatic heterocycles. The molecular weight excluding hydrogens is 419 g/mol. The van der Waals surface area contributed by atoms with Crippen LogP contribution in [0.25, 0.3) is 0 Å². The predicted octanol–water partition coefficient (Wildman–Crippen LogP) is 3.12. The Labute approximate surface area is 186 Å². The number of alkyl carbamates (subject to hydrolysis) is 1. The Morgan fingerprint density at radius 3 is 2.47 bits per heavy atom. The summed E-state index contributed by atoms with van der Waals surface area (Å²) in [5.41, 5.74) is 1.33. The molecule has 8 nitrogen and oxygen atoms in total. The van der Waals surface area contributed by atoms with Gasteiger partial charge < -0.3 is 24.8 Å². The molecule has 0 saturated carbocycles. The van der Waals surface area contributed by atoms with Crippen LogP contribution >= 0.6 is 0 Å². The Morgan fingerprint density at radius 2 is 1.81 bits per heavy atom. The average Bonchev–Trinajstić information content (AvgIpc) is 2.80.